The maximum atomic E-state index is 13.8. The Morgan fingerprint density at radius 3 is 2.92 bits per heavy atom. The highest BCUT2D eigenvalue weighted by Gasteiger charge is 2.14. The number of fused-ring (bicyclic) bond motifs is 1. The minimum atomic E-state index is -0.491. The van der Waals surface area contributed by atoms with E-state index in [9.17, 15) is 9.18 Å². The van der Waals surface area contributed by atoms with Crippen LogP contribution in [0.3, 0.4) is 0 Å². The average molecular weight is 442 g/mol. The van der Waals surface area contributed by atoms with Gasteiger partial charge in [-0.2, -0.15) is 4.98 Å². The van der Waals surface area contributed by atoms with Gasteiger partial charge in [0.1, 0.15) is 21.9 Å². The lowest BCUT2D eigenvalue weighted by Crippen LogP contribution is -2.15. The maximum Gasteiger partial charge on any atom is 0.234 e. The van der Waals surface area contributed by atoms with Crippen LogP contribution in [0.5, 0.6) is 0 Å². The second-order valence-corrected chi connectivity index (χ2v) is 8.04. The number of rotatable bonds is 5. The SMILES string of the molecule is CN(C)c1nc2ncnc(SCC(=O)Nc3ccc(Br)cc3F)c2s1. The number of amides is 1. The van der Waals surface area contributed by atoms with Crippen molar-refractivity contribution in [2.24, 2.45) is 0 Å². The molecule has 0 spiro atoms. The molecule has 0 unspecified atom stereocenters. The molecule has 1 N–H and O–H groups in total. The molecule has 10 heteroatoms. The standard InChI is InChI=1S/C15H13BrFN5OS2/c1-22(2)15-21-13-12(25-15)14(19-7-18-13)24-6-11(23)20-10-4-3-8(16)5-9(10)17/h3-5,7H,6H2,1-2H3,(H,20,23). The molecule has 130 valence electrons. The Morgan fingerprint density at radius 2 is 2.20 bits per heavy atom. The van der Waals surface area contributed by atoms with E-state index in [0.717, 1.165) is 9.83 Å². The summed E-state index contributed by atoms with van der Waals surface area (Å²) >= 11 is 5.91. The number of thiazole rings is 1. The Balaban J connectivity index is 1.70. The van der Waals surface area contributed by atoms with Gasteiger partial charge < -0.3 is 10.2 Å². The number of anilines is 2. The summed E-state index contributed by atoms with van der Waals surface area (Å²) in [6.45, 7) is 0. The molecular weight excluding hydrogens is 429 g/mol. The first-order valence-corrected chi connectivity index (χ1v) is 9.70. The number of thioether (sulfide) groups is 1. The molecule has 2 aromatic heterocycles. The van der Waals surface area contributed by atoms with Crippen LogP contribution in [-0.2, 0) is 4.79 Å². The van der Waals surface area contributed by atoms with Crippen LogP contribution in [0.25, 0.3) is 10.3 Å². The third-order valence-electron chi connectivity index (χ3n) is 3.08. The average Bonchev–Trinajstić information content (AvgIpc) is 3.00. The number of nitrogens with one attached hydrogen (secondary N) is 1. The van der Waals surface area contributed by atoms with Crippen molar-refractivity contribution in [2.75, 3.05) is 30.1 Å². The van der Waals surface area contributed by atoms with Crippen LogP contribution in [0.1, 0.15) is 0 Å². The van der Waals surface area contributed by atoms with Crippen LogP contribution >= 0.6 is 39.0 Å². The van der Waals surface area contributed by atoms with Crippen LogP contribution in [-0.4, -0.2) is 40.7 Å². The molecule has 0 aliphatic rings. The van der Waals surface area contributed by atoms with Crippen LogP contribution in [0.15, 0.2) is 34.0 Å². The first-order valence-electron chi connectivity index (χ1n) is 7.10. The van der Waals surface area contributed by atoms with Crippen molar-refractivity contribution in [3.05, 3.63) is 34.8 Å². The second-order valence-electron chi connectivity index (χ2n) is 5.18. The monoisotopic (exact) mass is 441 g/mol. The lowest BCUT2D eigenvalue weighted by molar-refractivity contribution is -0.113. The van der Waals surface area contributed by atoms with Gasteiger partial charge in [0.15, 0.2) is 10.8 Å². The van der Waals surface area contributed by atoms with E-state index < -0.39 is 5.82 Å². The van der Waals surface area contributed by atoms with E-state index in [0.29, 0.717) is 15.1 Å². The Hall–Kier alpha value is -1.78. The molecule has 3 rings (SSSR count). The lowest BCUT2D eigenvalue weighted by atomic mass is 10.3. The summed E-state index contributed by atoms with van der Waals surface area (Å²) in [5.41, 5.74) is 0.750. The topological polar surface area (TPSA) is 71.0 Å². The van der Waals surface area contributed by atoms with E-state index in [1.807, 2.05) is 19.0 Å². The molecule has 6 nitrogen and oxygen atoms in total. The molecule has 0 saturated carbocycles. The molecule has 3 aromatic rings. The third-order valence-corrected chi connectivity index (χ3v) is 5.91. The zero-order valence-corrected chi connectivity index (χ0v) is 16.5. The fourth-order valence-corrected chi connectivity index (χ4v) is 4.07. The molecule has 0 atom stereocenters. The van der Waals surface area contributed by atoms with Gasteiger partial charge in [-0.1, -0.05) is 39.0 Å². The van der Waals surface area contributed by atoms with E-state index in [4.69, 9.17) is 0 Å². The Labute approximate surface area is 160 Å². The van der Waals surface area contributed by atoms with Gasteiger partial charge in [0.2, 0.25) is 5.91 Å². The largest absolute Gasteiger partial charge is 0.354 e. The number of halogens is 2. The summed E-state index contributed by atoms with van der Waals surface area (Å²) in [6, 6.07) is 4.48. The van der Waals surface area contributed by atoms with Crippen LogP contribution in [0, 0.1) is 5.82 Å². The van der Waals surface area contributed by atoms with E-state index in [-0.39, 0.29) is 17.3 Å². The van der Waals surface area contributed by atoms with Crippen molar-refractivity contribution >= 4 is 66.1 Å². The van der Waals surface area contributed by atoms with Gasteiger partial charge in [-0.15, -0.1) is 0 Å². The molecule has 0 aliphatic carbocycles. The lowest BCUT2D eigenvalue weighted by Gasteiger charge is -2.06. The summed E-state index contributed by atoms with van der Waals surface area (Å²) in [5.74, 6) is -0.692. The van der Waals surface area contributed by atoms with Gasteiger partial charge in [-0.25, -0.2) is 14.4 Å². The maximum absolute atomic E-state index is 13.8. The molecule has 25 heavy (non-hydrogen) atoms. The van der Waals surface area contributed by atoms with Gasteiger partial charge in [-0.3, -0.25) is 4.79 Å². The van der Waals surface area contributed by atoms with E-state index in [2.05, 4.69) is 36.2 Å². The molecule has 0 bridgehead atoms. The van der Waals surface area contributed by atoms with Gasteiger partial charge in [0.25, 0.3) is 0 Å². The highest BCUT2D eigenvalue weighted by Crippen LogP contribution is 2.33. The highest BCUT2D eigenvalue weighted by atomic mass is 79.9. The van der Waals surface area contributed by atoms with Crippen LogP contribution < -0.4 is 10.2 Å². The smallest absolute Gasteiger partial charge is 0.234 e. The Kier molecular flexibility index (Phi) is 5.50. The van der Waals surface area contributed by atoms with Crippen molar-refractivity contribution in [2.45, 2.75) is 5.03 Å². The van der Waals surface area contributed by atoms with Crippen molar-refractivity contribution < 1.29 is 9.18 Å². The number of nitrogens with zero attached hydrogens (tertiary/aromatic N) is 4. The number of hydrogen-bond acceptors (Lipinski definition) is 7. The normalized spacial score (nSPS) is 10.9. The fourth-order valence-electron chi connectivity index (χ4n) is 1.93. The van der Waals surface area contributed by atoms with Gasteiger partial charge in [0.05, 0.1) is 11.4 Å². The number of carbonyl (C=O) groups is 1. The van der Waals surface area contributed by atoms with Crippen molar-refractivity contribution in [3.63, 3.8) is 0 Å². The zero-order chi connectivity index (χ0) is 18.0. The van der Waals surface area contributed by atoms with Crippen LogP contribution in [0.2, 0.25) is 0 Å². The van der Waals surface area contributed by atoms with E-state index in [1.54, 1.807) is 6.07 Å². The van der Waals surface area contributed by atoms with Crippen LogP contribution in [0.4, 0.5) is 15.2 Å². The molecule has 0 radical (unpaired) electrons. The van der Waals surface area contributed by atoms with Gasteiger partial charge >= 0.3 is 0 Å². The fraction of sp³-hybridized carbons (Fsp3) is 0.200. The van der Waals surface area contributed by atoms with E-state index >= 15 is 0 Å². The number of hydrogen-bond donors (Lipinski definition) is 1. The molecule has 2 heterocycles. The molecule has 1 aromatic carbocycles. The van der Waals surface area contributed by atoms with E-state index in [1.165, 1.54) is 41.6 Å². The Bertz CT molecular complexity index is 933. The molecule has 0 fully saturated rings. The highest BCUT2D eigenvalue weighted by molar-refractivity contribution is 9.10. The predicted molar refractivity (Wildman–Crippen MR) is 103 cm³/mol. The molecular formula is C15H13BrFN5OS2. The van der Waals surface area contributed by atoms with Crippen molar-refractivity contribution in [1.82, 2.24) is 15.0 Å². The van der Waals surface area contributed by atoms with Gasteiger partial charge in [-0.05, 0) is 18.2 Å². The quantitative estimate of drug-likeness (QED) is 0.479. The summed E-state index contributed by atoms with van der Waals surface area (Å²) in [5, 5.41) is 4.06. The minimum Gasteiger partial charge on any atom is -0.354 e. The zero-order valence-electron chi connectivity index (χ0n) is 13.3. The predicted octanol–water partition coefficient (Wildman–Crippen LogP) is 3.78. The summed E-state index contributed by atoms with van der Waals surface area (Å²) in [6.07, 6.45) is 1.43. The number of carbonyl (C=O) groups excluding carboxylic acids is 1. The summed E-state index contributed by atoms with van der Waals surface area (Å²) in [7, 11) is 3.80. The first-order chi connectivity index (χ1) is 11.9. The second kappa shape index (κ2) is 7.63. The summed E-state index contributed by atoms with van der Waals surface area (Å²) < 4.78 is 15.2. The number of benzene rings is 1. The molecule has 1 amide bonds. The number of aromatic nitrogens is 3. The van der Waals surface area contributed by atoms with Crippen molar-refractivity contribution in [3.8, 4) is 0 Å². The third kappa shape index (κ3) is 4.25. The molecule has 0 aliphatic heterocycles. The summed E-state index contributed by atoms with van der Waals surface area (Å²) in [4.78, 5) is 26.8. The van der Waals surface area contributed by atoms with Crippen molar-refractivity contribution in [1.29, 1.82) is 0 Å². The first kappa shape index (κ1) is 18.0. The Morgan fingerprint density at radius 1 is 1.40 bits per heavy atom. The van der Waals surface area contributed by atoms with Gasteiger partial charge in [0, 0.05) is 18.6 Å². The minimum absolute atomic E-state index is 0.108. The molecule has 0 saturated heterocycles.